The van der Waals surface area contributed by atoms with Gasteiger partial charge in [-0.1, -0.05) is 28.1 Å². The van der Waals surface area contributed by atoms with Gasteiger partial charge in [-0.05, 0) is 24.3 Å². The van der Waals surface area contributed by atoms with Gasteiger partial charge >= 0.3 is 0 Å². The number of nitrogens with zero attached hydrogens (tertiary/aromatic N) is 1. The number of benzene rings is 1. The minimum absolute atomic E-state index is 0.244. The second-order valence-corrected chi connectivity index (χ2v) is 4.64. The van der Waals surface area contributed by atoms with Gasteiger partial charge in [0.2, 0.25) is 0 Å². The first-order valence-corrected chi connectivity index (χ1v) is 6.19. The number of para-hydroxylation sites is 1. The van der Waals surface area contributed by atoms with Crippen LogP contribution in [0.1, 0.15) is 20.8 Å². The number of nitrogens with two attached hydrogens (primary N) is 1. The molecule has 1 aromatic carbocycles. The van der Waals surface area contributed by atoms with E-state index in [9.17, 15) is 9.59 Å². The number of halogens is 1. The van der Waals surface area contributed by atoms with Crippen molar-refractivity contribution >= 4 is 33.4 Å². The fraction of sp³-hybridized carbons (Fsp3) is 0. The van der Waals surface area contributed by atoms with E-state index in [2.05, 4.69) is 26.2 Å². The zero-order chi connectivity index (χ0) is 13.8. The van der Waals surface area contributed by atoms with Gasteiger partial charge in [-0.15, -0.1) is 0 Å². The summed E-state index contributed by atoms with van der Waals surface area (Å²) < 4.78 is 0.746. The lowest BCUT2D eigenvalue weighted by Crippen LogP contribution is -2.18. The van der Waals surface area contributed by atoms with Gasteiger partial charge in [0, 0.05) is 10.7 Å². The maximum atomic E-state index is 12.0. The Morgan fingerprint density at radius 1 is 1.21 bits per heavy atom. The fourth-order valence-electron chi connectivity index (χ4n) is 1.52. The molecule has 0 saturated heterocycles. The molecule has 0 aliphatic heterocycles. The number of aromatic nitrogens is 1. The normalized spacial score (nSPS) is 9.95. The van der Waals surface area contributed by atoms with Gasteiger partial charge in [0.1, 0.15) is 5.69 Å². The van der Waals surface area contributed by atoms with E-state index in [1.165, 1.54) is 6.20 Å². The lowest BCUT2D eigenvalue weighted by Gasteiger charge is -2.08. The molecule has 0 spiro atoms. The lowest BCUT2D eigenvalue weighted by atomic mass is 10.1. The molecule has 2 rings (SSSR count). The Labute approximate surface area is 118 Å². The average Bonchev–Trinajstić information content (AvgIpc) is 2.39. The molecule has 96 valence electrons. The fourth-order valence-corrected chi connectivity index (χ4v) is 1.86. The summed E-state index contributed by atoms with van der Waals surface area (Å²) in [5.74, 6) is -1.01. The van der Waals surface area contributed by atoms with Crippen molar-refractivity contribution in [1.29, 1.82) is 0 Å². The molecular weight excluding hydrogens is 310 g/mol. The van der Waals surface area contributed by atoms with Gasteiger partial charge in [0.05, 0.1) is 11.3 Å². The number of hydrogen-bond donors (Lipinski definition) is 2. The number of amides is 2. The van der Waals surface area contributed by atoms with E-state index < -0.39 is 11.8 Å². The van der Waals surface area contributed by atoms with Crippen LogP contribution in [0.4, 0.5) is 5.69 Å². The molecule has 0 unspecified atom stereocenters. The molecule has 2 amide bonds. The first kappa shape index (κ1) is 13.2. The van der Waals surface area contributed by atoms with E-state index in [1.54, 1.807) is 36.4 Å². The van der Waals surface area contributed by atoms with Crippen LogP contribution in [-0.2, 0) is 0 Å². The Balaban J connectivity index is 2.27. The van der Waals surface area contributed by atoms with Crippen LogP contribution in [0.2, 0.25) is 0 Å². The number of carbonyl (C=O) groups excluding carboxylic acids is 2. The van der Waals surface area contributed by atoms with Crippen LogP contribution in [0.3, 0.4) is 0 Å². The first-order valence-electron chi connectivity index (χ1n) is 5.39. The third-order valence-corrected chi connectivity index (χ3v) is 2.89. The summed E-state index contributed by atoms with van der Waals surface area (Å²) in [7, 11) is 0. The molecule has 0 bridgehead atoms. The van der Waals surface area contributed by atoms with Gasteiger partial charge in [-0.25, -0.2) is 0 Å². The van der Waals surface area contributed by atoms with Gasteiger partial charge in [0.15, 0.2) is 0 Å². The molecular formula is C13H10BrN3O2. The summed E-state index contributed by atoms with van der Waals surface area (Å²) in [5.41, 5.74) is 6.10. The van der Waals surface area contributed by atoms with Crippen molar-refractivity contribution in [3.8, 4) is 0 Å². The zero-order valence-corrected chi connectivity index (χ0v) is 11.3. The monoisotopic (exact) mass is 319 g/mol. The molecule has 0 aliphatic carbocycles. The molecule has 0 aliphatic rings. The Bertz CT molecular complexity index is 643. The topological polar surface area (TPSA) is 85.1 Å². The molecule has 0 fully saturated rings. The number of pyridine rings is 1. The summed E-state index contributed by atoms with van der Waals surface area (Å²) in [4.78, 5) is 27.2. The Hall–Kier alpha value is -2.21. The Morgan fingerprint density at radius 2 is 1.95 bits per heavy atom. The standard InChI is InChI=1S/C13H10BrN3O2/c14-8-5-6-16-11(7-8)13(19)17-10-4-2-1-3-9(10)12(15)18/h1-7H,(H2,15,18)(H,17,19). The van der Waals surface area contributed by atoms with Crippen LogP contribution in [0.25, 0.3) is 0 Å². The third-order valence-electron chi connectivity index (χ3n) is 2.40. The highest BCUT2D eigenvalue weighted by molar-refractivity contribution is 9.10. The highest BCUT2D eigenvalue weighted by atomic mass is 79.9. The van der Waals surface area contributed by atoms with E-state index in [4.69, 9.17) is 5.73 Å². The summed E-state index contributed by atoms with van der Waals surface area (Å²) in [5, 5.41) is 2.61. The minimum atomic E-state index is -0.599. The van der Waals surface area contributed by atoms with Gasteiger partial charge in [0.25, 0.3) is 11.8 Å². The van der Waals surface area contributed by atoms with E-state index in [0.29, 0.717) is 5.69 Å². The van der Waals surface area contributed by atoms with Crippen LogP contribution < -0.4 is 11.1 Å². The van der Waals surface area contributed by atoms with Crippen molar-refractivity contribution in [1.82, 2.24) is 4.98 Å². The smallest absolute Gasteiger partial charge is 0.274 e. The van der Waals surface area contributed by atoms with E-state index in [0.717, 1.165) is 4.47 Å². The molecule has 0 saturated carbocycles. The third kappa shape index (κ3) is 3.17. The second-order valence-electron chi connectivity index (χ2n) is 3.72. The second kappa shape index (κ2) is 5.62. The van der Waals surface area contributed by atoms with Crippen LogP contribution in [0, 0.1) is 0 Å². The highest BCUT2D eigenvalue weighted by Gasteiger charge is 2.12. The zero-order valence-electron chi connectivity index (χ0n) is 9.76. The largest absolute Gasteiger partial charge is 0.366 e. The summed E-state index contributed by atoms with van der Waals surface area (Å²) in [6.45, 7) is 0. The lowest BCUT2D eigenvalue weighted by molar-refractivity contribution is 0.100. The van der Waals surface area contributed by atoms with Crippen LogP contribution in [0.5, 0.6) is 0 Å². The van der Waals surface area contributed by atoms with E-state index in [1.807, 2.05) is 0 Å². The summed E-state index contributed by atoms with van der Waals surface area (Å²) in [6, 6.07) is 9.84. The number of hydrogen-bond acceptors (Lipinski definition) is 3. The van der Waals surface area contributed by atoms with Gasteiger partial charge in [-0.3, -0.25) is 14.6 Å². The number of primary amides is 1. The predicted molar refractivity (Wildman–Crippen MR) is 74.9 cm³/mol. The number of nitrogens with one attached hydrogen (secondary N) is 1. The number of rotatable bonds is 3. The van der Waals surface area contributed by atoms with E-state index >= 15 is 0 Å². The number of anilines is 1. The van der Waals surface area contributed by atoms with Gasteiger partial charge in [-0.2, -0.15) is 0 Å². The van der Waals surface area contributed by atoms with Crippen molar-refractivity contribution in [2.45, 2.75) is 0 Å². The van der Waals surface area contributed by atoms with Crippen LogP contribution in [-0.4, -0.2) is 16.8 Å². The van der Waals surface area contributed by atoms with Crippen molar-refractivity contribution in [3.63, 3.8) is 0 Å². The average molecular weight is 320 g/mol. The maximum absolute atomic E-state index is 12.0. The summed E-state index contributed by atoms with van der Waals surface area (Å²) in [6.07, 6.45) is 1.51. The molecule has 1 heterocycles. The van der Waals surface area contributed by atoms with Crippen LogP contribution in [0.15, 0.2) is 47.1 Å². The Morgan fingerprint density at radius 3 is 2.63 bits per heavy atom. The molecule has 0 atom stereocenters. The molecule has 0 radical (unpaired) electrons. The van der Waals surface area contributed by atoms with Crippen molar-refractivity contribution in [3.05, 3.63) is 58.3 Å². The highest BCUT2D eigenvalue weighted by Crippen LogP contribution is 2.16. The molecule has 3 N–H and O–H groups in total. The minimum Gasteiger partial charge on any atom is -0.366 e. The van der Waals surface area contributed by atoms with Crippen molar-refractivity contribution < 1.29 is 9.59 Å². The van der Waals surface area contributed by atoms with Crippen molar-refractivity contribution in [2.24, 2.45) is 5.73 Å². The molecule has 2 aromatic rings. The Kier molecular flexibility index (Phi) is 3.91. The molecule has 19 heavy (non-hydrogen) atoms. The predicted octanol–water partition coefficient (Wildman–Crippen LogP) is 2.20. The number of carbonyl (C=O) groups is 2. The maximum Gasteiger partial charge on any atom is 0.274 e. The first-order chi connectivity index (χ1) is 9.08. The van der Waals surface area contributed by atoms with Crippen molar-refractivity contribution in [2.75, 3.05) is 5.32 Å². The molecule has 5 nitrogen and oxygen atoms in total. The summed E-state index contributed by atoms with van der Waals surface area (Å²) >= 11 is 3.26. The quantitative estimate of drug-likeness (QED) is 0.909. The SMILES string of the molecule is NC(=O)c1ccccc1NC(=O)c1cc(Br)ccn1. The van der Waals surface area contributed by atoms with Crippen LogP contribution >= 0.6 is 15.9 Å². The van der Waals surface area contributed by atoms with E-state index in [-0.39, 0.29) is 11.3 Å². The molecule has 6 heteroatoms. The molecule has 1 aromatic heterocycles. The van der Waals surface area contributed by atoms with Gasteiger partial charge < -0.3 is 11.1 Å².